The number of allylic oxidation sites excluding steroid dienone is 2. The Bertz CT molecular complexity index is 190. The number of halogens is 1. The van der Waals surface area contributed by atoms with E-state index >= 15 is 0 Å². The van der Waals surface area contributed by atoms with E-state index < -0.39 is 0 Å². The largest absolute Gasteiger partial charge is 0.402 e. The molecule has 0 atom stereocenters. The molecule has 56 valence electrons. The zero-order valence-corrected chi connectivity index (χ0v) is 8.18. The summed E-state index contributed by atoms with van der Waals surface area (Å²) < 4.78 is 4.14. The molecule has 3 heteroatoms. The van der Waals surface area contributed by atoms with Gasteiger partial charge in [-0.05, 0) is 31.8 Å². The molecule has 0 radical (unpaired) electrons. The van der Waals surface area contributed by atoms with Gasteiger partial charge in [-0.2, -0.15) is 0 Å². The van der Waals surface area contributed by atoms with E-state index in [-0.39, 0.29) is 0 Å². The summed E-state index contributed by atoms with van der Waals surface area (Å²) in [5.74, 6) is 0. The van der Waals surface area contributed by atoms with Crippen LogP contribution in [0.25, 0.3) is 0 Å². The molecule has 2 N–H and O–H groups in total. The van der Waals surface area contributed by atoms with Gasteiger partial charge in [0.05, 0.1) is 28.6 Å². The molecular weight excluding hydrogens is 239 g/mol. The van der Waals surface area contributed by atoms with Crippen molar-refractivity contribution in [1.82, 2.24) is 0 Å². The lowest BCUT2D eigenvalue weighted by Crippen LogP contribution is -2.01. The second-order valence-corrected chi connectivity index (χ2v) is 3.03. The van der Waals surface area contributed by atoms with Crippen molar-refractivity contribution in [2.45, 2.75) is 26.2 Å². The lowest BCUT2D eigenvalue weighted by molar-refractivity contribution is 0.938. The Morgan fingerprint density at radius 3 is 2.70 bits per heavy atom. The van der Waals surface area contributed by atoms with Crippen LogP contribution in [-0.2, 0) is 0 Å². The van der Waals surface area contributed by atoms with Crippen molar-refractivity contribution in [3.8, 4) is 0 Å². The second kappa shape index (κ2) is 3.37. The summed E-state index contributed by atoms with van der Waals surface area (Å²) in [5.41, 5.74) is 9.06. The van der Waals surface area contributed by atoms with E-state index in [1.165, 1.54) is 17.7 Å². The summed E-state index contributed by atoms with van der Waals surface area (Å²) in [6.45, 7) is 1.95. The molecular formula is C7H11IN2. The van der Waals surface area contributed by atoms with E-state index in [0.717, 1.165) is 18.5 Å². The fourth-order valence-corrected chi connectivity index (χ4v) is 1.78. The highest BCUT2D eigenvalue weighted by Gasteiger charge is 2.15. The predicted octanol–water partition coefficient (Wildman–Crippen LogP) is 2.19. The summed E-state index contributed by atoms with van der Waals surface area (Å²) in [6, 6.07) is 0. The SMILES string of the molecule is C/C(N)=C1\CCCC1=NI. The van der Waals surface area contributed by atoms with E-state index in [1.807, 2.05) is 29.8 Å². The Hall–Kier alpha value is -0.0600. The molecule has 1 aliphatic rings. The van der Waals surface area contributed by atoms with E-state index in [1.54, 1.807) is 0 Å². The zero-order valence-electron chi connectivity index (χ0n) is 6.02. The molecule has 0 unspecified atom stereocenters. The third kappa shape index (κ3) is 1.51. The summed E-state index contributed by atoms with van der Waals surface area (Å²) in [6.07, 6.45) is 3.43. The van der Waals surface area contributed by atoms with Gasteiger partial charge >= 0.3 is 0 Å². The highest BCUT2D eigenvalue weighted by molar-refractivity contribution is 14.1. The fourth-order valence-electron chi connectivity index (χ4n) is 1.25. The first-order valence-electron chi connectivity index (χ1n) is 3.39. The maximum Gasteiger partial charge on any atom is 0.0834 e. The first-order valence-corrected chi connectivity index (χ1v) is 4.35. The number of hydrogen-bond acceptors (Lipinski definition) is 2. The highest BCUT2D eigenvalue weighted by atomic mass is 127. The molecule has 0 amide bonds. The molecule has 0 aliphatic heterocycles. The van der Waals surface area contributed by atoms with Crippen molar-refractivity contribution in [2.75, 3.05) is 0 Å². The van der Waals surface area contributed by atoms with Crippen LogP contribution in [0.3, 0.4) is 0 Å². The van der Waals surface area contributed by atoms with E-state index in [2.05, 4.69) is 3.21 Å². The normalized spacial score (nSPS) is 27.6. The molecule has 0 aromatic carbocycles. The Kier molecular flexibility index (Phi) is 2.71. The van der Waals surface area contributed by atoms with Gasteiger partial charge in [-0.1, -0.05) is 0 Å². The van der Waals surface area contributed by atoms with Crippen LogP contribution < -0.4 is 5.73 Å². The van der Waals surface area contributed by atoms with Gasteiger partial charge in [0.2, 0.25) is 0 Å². The molecule has 0 heterocycles. The molecule has 1 fully saturated rings. The minimum atomic E-state index is 0.938. The van der Waals surface area contributed by atoms with Crippen molar-refractivity contribution >= 4 is 28.6 Å². The minimum absolute atomic E-state index is 0.938. The topological polar surface area (TPSA) is 38.4 Å². The van der Waals surface area contributed by atoms with Crippen LogP contribution in [0.15, 0.2) is 14.5 Å². The van der Waals surface area contributed by atoms with Gasteiger partial charge in [0.1, 0.15) is 0 Å². The van der Waals surface area contributed by atoms with Crippen molar-refractivity contribution in [3.63, 3.8) is 0 Å². The fraction of sp³-hybridized carbons (Fsp3) is 0.571. The van der Waals surface area contributed by atoms with Gasteiger partial charge in [0.25, 0.3) is 0 Å². The number of nitrogens with zero attached hydrogens (tertiary/aromatic N) is 1. The van der Waals surface area contributed by atoms with E-state index in [0.29, 0.717) is 0 Å². The summed E-state index contributed by atoms with van der Waals surface area (Å²) in [4.78, 5) is 0. The molecule has 1 saturated carbocycles. The van der Waals surface area contributed by atoms with Crippen LogP contribution >= 0.6 is 22.9 Å². The average molecular weight is 250 g/mol. The molecule has 10 heavy (non-hydrogen) atoms. The van der Waals surface area contributed by atoms with Gasteiger partial charge in [-0.25, -0.2) is 3.21 Å². The van der Waals surface area contributed by atoms with E-state index in [4.69, 9.17) is 5.73 Å². The van der Waals surface area contributed by atoms with Gasteiger partial charge in [-0.3, -0.25) is 0 Å². The van der Waals surface area contributed by atoms with Gasteiger partial charge in [-0.15, -0.1) is 0 Å². The molecule has 0 aromatic heterocycles. The van der Waals surface area contributed by atoms with Crippen molar-refractivity contribution in [2.24, 2.45) is 8.94 Å². The summed E-state index contributed by atoms with van der Waals surface area (Å²) in [7, 11) is 0. The lowest BCUT2D eigenvalue weighted by atomic mass is 10.2. The first-order chi connectivity index (χ1) is 4.75. The second-order valence-electron chi connectivity index (χ2n) is 2.55. The number of hydrogen-bond donors (Lipinski definition) is 1. The molecule has 0 aromatic rings. The minimum Gasteiger partial charge on any atom is -0.402 e. The van der Waals surface area contributed by atoms with Crippen molar-refractivity contribution < 1.29 is 0 Å². The van der Waals surface area contributed by atoms with Crippen molar-refractivity contribution in [3.05, 3.63) is 11.3 Å². The third-order valence-corrected chi connectivity index (χ3v) is 2.35. The zero-order chi connectivity index (χ0) is 7.56. The Morgan fingerprint density at radius 2 is 2.30 bits per heavy atom. The average Bonchev–Trinajstić information content (AvgIpc) is 2.33. The molecule has 1 aliphatic carbocycles. The number of rotatable bonds is 0. The van der Waals surface area contributed by atoms with Crippen LogP contribution in [0.2, 0.25) is 0 Å². The maximum absolute atomic E-state index is 5.66. The lowest BCUT2D eigenvalue weighted by Gasteiger charge is -1.98. The van der Waals surface area contributed by atoms with Crippen LogP contribution in [-0.4, -0.2) is 5.71 Å². The molecule has 1 rings (SSSR count). The smallest absolute Gasteiger partial charge is 0.0834 e. The quantitative estimate of drug-likeness (QED) is 0.657. The Balaban J connectivity index is 2.89. The van der Waals surface area contributed by atoms with Gasteiger partial charge in [0, 0.05) is 5.70 Å². The molecule has 0 spiro atoms. The summed E-state index contributed by atoms with van der Waals surface area (Å²) in [5, 5.41) is 0. The van der Waals surface area contributed by atoms with Crippen LogP contribution in [0, 0.1) is 0 Å². The molecule has 0 bridgehead atoms. The van der Waals surface area contributed by atoms with E-state index in [9.17, 15) is 0 Å². The monoisotopic (exact) mass is 250 g/mol. The highest BCUT2D eigenvalue weighted by Crippen LogP contribution is 2.24. The van der Waals surface area contributed by atoms with Gasteiger partial charge < -0.3 is 5.73 Å². The molecule has 0 saturated heterocycles. The van der Waals surface area contributed by atoms with Crippen LogP contribution in [0.1, 0.15) is 26.2 Å². The van der Waals surface area contributed by atoms with Crippen LogP contribution in [0.5, 0.6) is 0 Å². The van der Waals surface area contributed by atoms with Crippen LogP contribution in [0.4, 0.5) is 0 Å². The predicted molar refractivity (Wildman–Crippen MR) is 52.2 cm³/mol. The first kappa shape index (κ1) is 8.04. The summed E-state index contributed by atoms with van der Waals surface area (Å²) >= 11 is 2.04. The third-order valence-electron chi connectivity index (χ3n) is 1.77. The van der Waals surface area contributed by atoms with Gasteiger partial charge in [0.15, 0.2) is 0 Å². The maximum atomic E-state index is 5.66. The molecule has 2 nitrogen and oxygen atoms in total. The Labute approximate surface area is 75.1 Å². The Morgan fingerprint density at radius 1 is 1.60 bits per heavy atom. The standard InChI is InChI=1S/C7H11IN2/c1-5(9)6-3-2-4-7(6)10-8/h2-4,9H2,1H3/b6-5-,10-7?. The number of nitrogens with two attached hydrogens (primary N) is 1. The van der Waals surface area contributed by atoms with Crippen molar-refractivity contribution in [1.29, 1.82) is 0 Å².